The molecule has 0 aromatic heterocycles. The molecule has 0 saturated carbocycles. The number of methoxy groups -OCH3 is 1. The number of carbonyl (C=O) groups excluding carboxylic acids is 1. The number of ether oxygens (including phenoxy) is 1. The van der Waals surface area contributed by atoms with E-state index in [1.165, 1.54) is 0 Å². The van der Waals surface area contributed by atoms with Gasteiger partial charge in [-0.2, -0.15) is 0 Å². The molecule has 0 saturated heterocycles. The number of benzene rings is 1. The molecule has 0 aliphatic rings. The fourth-order valence-corrected chi connectivity index (χ4v) is 2.05. The van der Waals surface area contributed by atoms with Gasteiger partial charge in [0, 0.05) is 12.0 Å². The molecular formula is C12H15IO3. The van der Waals surface area contributed by atoms with E-state index in [2.05, 4.69) is 22.6 Å². The highest BCUT2D eigenvalue weighted by Crippen LogP contribution is 2.22. The Morgan fingerprint density at radius 3 is 2.75 bits per heavy atom. The summed E-state index contributed by atoms with van der Waals surface area (Å²) in [6.45, 7) is 1.86. The Labute approximate surface area is 109 Å². The molecule has 1 atom stereocenters. The number of rotatable bonds is 5. The first kappa shape index (κ1) is 13.4. The maximum absolute atomic E-state index is 11.8. The van der Waals surface area contributed by atoms with E-state index in [0.717, 1.165) is 9.32 Å². The lowest BCUT2D eigenvalue weighted by molar-refractivity contribution is 0.0875. The van der Waals surface area contributed by atoms with Crippen molar-refractivity contribution in [2.45, 2.75) is 25.9 Å². The Balaban J connectivity index is 2.81. The zero-order chi connectivity index (χ0) is 12.1. The number of carbonyl (C=O) groups is 1. The number of aliphatic hydroxyl groups excluding tert-OH is 1. The average Bonchev–Trinajstić information content (AvgIpc) is 2.28. The van der Waals surface area contributed by atoms with Gasteiger partial charge in [0.2, 0.25) is 0 Å². The van der Waals surface area contributed by atoms with E-state index in [4.69, 9.17) is 4.74 Å². The molecule has 16 heavy (non-hydrogen) atoms. The van der Waals surface area contributed by atoms with Crippen LogP contribution in [0.1, 0.15) is 30.1 Å². The van der Waals surface area contributed by atoms with Gasteiger partial charge in [0.1, 0.15) is 5.75 Å². The van der Waals surface area contributed by atoms with E-state index in [1.807, 2.05) is 6.92 Å². The van der Waals surface area contributed by atoms with Crippen LogP contribution >= 0.6 is 22.6 Å². The summed E-state index contributed by atoms with van der Waals surface area (Å²) in [6.07, 6.45) is 0.227. The summed E-state index contributed by atoms with van der Waals surface area (Å²) in [5.41, 5.74) is 0.623. The first-order valence-corrected chi connectivity index (χ1v) is 6.21. The van der Waals surface area contributed by atoms with Crippen molar-refractivity contribution in [1.29, 1.82) is 0 Å². The topological polar surface area (TPSA) is 46.5 Å². The Kier molecular flexibility index (Phi) is 5.21. The van der Waals surface area contributed by atoms with E-state index in [9.17, 15) is 9.90 Å². The number of halogens is 1. The standard InChI is InChI=1S/C12H15IO3/c1-3-9(14)7-11(15)8-4-5-12(16-2)10(13)6-8/h4-6,9,14H,3,7H2,1-2H3. The summed E-state index contributed by atoms with van der Waals surface area (Å²) in [7, 11) is 1.60. The average molecular weight is 334 g/mol. The summed E-state index contributed by atoms with van der Waals surface area (Å²) in [4.78, 5) is 11.8. The van der Waals surface area contributed by atoms with Crippen molar-refractivity contribution in [3.05, 3.63) is 27.3 Å². The monoisotopic (exact) mass is 334 g/mol. The zero-order valence-electron chi connectivity index (χ0n) is 9.37. The van der Waals surface area contributed by atoms with Gasteiger partial charge in [-0.1, -0.05) is 6.92 Å². The molecule has 3 nitrogen and oxygen atoms in total. The van der Waals surface area contributed by atoms with E-state index in [1.54, 1.807) is 25.3 Å². The van der Waals surface area contributed by atoms with Crippen molar-refractivity contribution in [2.75, 3.05) is 7.11 Å². The molecule has 1 unspecified atom stereocenters. The predicted octanol–water partition coefficient (Wildman–Crippen LogP) is 2.64. The summed E-state index contributed by atoms with van der Waals surface area (Å²) >= 11 is 2.12. The number of hydrogen-bond donors (Lipinski definition) is 1. The molecule has 4 heteroatoms. The molecule has 1 aromatic carbocycles. The van der Waals surface area contributed by atoms with Crippen molar-refractivity contribution in [3.63, 3.8) is 0 Å². The lowest BCUT2D eigenvalue weighted by Gasteiger charge is -2.08. The van der Waals surface area contributed by atoms with Crippen LogP contribution in [-0.2, 0) is 0 Å². The van der Waals surface area contributed by atoms with Crippen molar-refractivity contribution in [1.82, 2.24) is 0 Å². The summed E-state index contributed by atoms with van der Waals surface area (Å²) in [5.74, 6) is 0.725. The second-order valence-corrected chi connectivity index (χ2v) is 4.70. The van der Waals surface area contributed by atoms with Gasteiger partial charge in [0.05, 0.1) is 16.8 Å². The van der Waals surface area contributed by atoms with Crippen molar-refractivity contribution >= 4 is 28.4 Å². The van der Waals surface area contributed by atoms with Gasteiger partial charge in [0.15, 0.2) is 5.78 Å². The molecule has 0 heterocycles. The van der Waals surface area contributed by atoms with Gasteiger partial charge >= 0.3 is 0 Å². The molecule has 0 bridgehead atoms. The highest BCUT2D eigenvalue weighted by Gasteiger charge is 2.12. The lowest BCUT2D eigenvalue weighted by atomic mass is 10.0. The molecule has 1 rings (SSSR count). The second-order valence-electron chi connectivity index (χ2n) is 3.54. The number of Topliss-reactive ketones (excluding diaryl/α,β-unsaturated/α-hetero) is 1. The van der Waals surface area contributed by atoms with Crippen molar-refractivity contribution in [2.24, 2.45) is 0 Å². The minimum Gasteiger partial charge on any atom is -0.496 e. The lowest BCUT2D eigenvalue weighted by Crippen LogP contribution is -2.12. The first-order chi connectivity index (χ1) is 7.58. The maximum atomic E-state index is 11.8. The molecule has 0 fully saturated rings. The third-order valence-electron chi connectivity index (χ3n) is 2.37. The number of aliphatic hydroxyl groups is 1. The molecule has 0 spiro atoms. The fourth-order valence-electron chi connectivity index (χ4n) is 1.32. The summed E-state index contributed by atoms with van der Waals surface area (Å²) in [5, 5.41) is 9.41. The van der Waals surface area contributed by atoms with Crippen LogP contribution in [-0.4, -0.2) is 24.1 Å². The van der Waals surface area contributed by atoms with Gasteiger partial charge in [-0.05, 0) is 47.2 Å². The Morgan fingerprint density at radius 2 is 2.25 bits per heavy atom. The second kappa shape index (κ2) is 6.20. The highest BCUT2D eigenvalue weighted by molar-refractivity contribution is 14.1. The maximum Gasteiger partial charge on any atom is 0.165 e. The first-order valence-electron chi connectivity index (χ1n) is 5.13. The van der Waals surface area contributed by atoms with Gasteiger partial charge in [-0.15, -0.1) is 0 Å². The minimum absolute atomic E-state index is 0.0325. The highest BCUT2D eigenvalue weighted by atomic mass is 127. The summed E-state index contributed by atoms with van der Waals surface area (Å²) < 4.78 is 6.01. The normalized spacial score (nSPS) is 12.2. The third-order valence-corrected chi connectivity index (χ3v) is 3.21. The molecule has 88 valence electrons. The van der Waals surface area contributed by atoms with Crippen LogP contribution in [0.4, 0.5) is 0 Å². The smallest absolute Gasteiger partial charge is 0.165 e. The Hall–Kier alpha value is -0.620. The van der Waals surface area contributed by atoms with Crippen LogP contribution in [0.5, 0.6) is 5.75 Å². The summed E-state index contributed by atoms with van der Waals surface area (Å²) in [6, 6.07) is 5.28. The molecule has 1 N–H and O–H groups in total. The molecular weight excluding hydrogens is 319 g/mol. The molecule has 0 amide bonds. The van der Waals surface area contributed by atoms with Crippen LogP contribution in [0.15, 0.2) is 18.2 Å². The fraction of sp³-hybridized carbons (Fsp3) is 0.417. The Morgan fingerprint density at radius 1 is 1.56 bits per heavy atom. The van der Waals surface area contributed by atoms with Crippen LogP contribution in [0, 0.1) is 3.57 Å². The van der Waals surface area contributed by atoms with Gasteiger partial charge < -0.3 is 9.84 Å². The molecule has 1 aromatic rings. The van der Waals surface area contributed by atoms with E-state index < -0.39 is 6.10 Å². The third kappa shape index (κ3) is 3.45. The van der Waals surface area contributed by atoms with Crippen molar-refractivity contribution < 1.29 is 14.6 Å². The molecule has 0 aliphatic heterocycles. The van der Waals surface area contributed by atoms with Crippen LogP contribution in [0.25, 0.3) is 0 Å². The number of ketones is 1. The van der Waals surface area contributed by atoms with Crippen LogP contribution in [0.3, 0.4) is 0 Å². The van der Waals surface area contributed by atoms with E-state index in [0.29, 0.717) is 12.0 Å². The largest absolute Gasteiger partial charge is 0.496 e. The Bertz CT molecular complexity index is 377. The van der Waals surface area contributed by atoms with Crippen LogP contribution < -0.4 is 4.74 Å². The minimum atomic E-state index is -0.549. The molecule has 0 aliphatic carbocycles. The quantitative estimate of drug-likeness (QED) is 0.665. The SMILES string of the molecule is CCC(O)CC(=O)c1ccc(OC)c(I)c1. The molecule has 0 radical (unpaired) electrons. The van der Waals surface area contributed by atoms with Gasteiger partial charge in [-0.3, -0.25) is 4.79 Å². The van der Waals surface area contributed by atoms with Crippen LogP contribution in [0.2, 0.25) is 0 Å². The van der Waals surface area contributed by atoms with Crippen molar-refractivity contribution in [3.8, 4) is 5.75 Å². The van der Waals surface area contributed by atoms with E-state index in [-0.39, 0.29) is 12.2 Å². The van der Waals surface area contributed by atoms with E-state index >= 15 is 0 Å². The van der Waals surface area contributed by atoms with Gasteiger partial charge in [-0.25, -0.2) is 0 Å². The van der Waals surface area contributed by atoms with Gasteiger partial charge in [0.25, 0.3) is 0 Å². The zero-order valence-corrected chi connectivity index (χ0v) is 11.5. The number of hydrogen-bond acceptors (Lipinski definition) is 3. The predicted molar refractivity (Wildman–Crippen MR) is 71.0 cm³/mol.